The van der Waals surface area contributed by atoms with E-state index in [1.165, 1.54) is 11.3 Å². The molecular formula is C14H15ClN2O2S. The summed E-state index contributed by atoms with van der Waals surface area (Å²) >= 11 is 7.34. The predicted octanol–water partition coefficient (Wildman–Crippen LogP) is 3.84. The lowest BCUT2D eigenvalue weighted by atomic mass is 10.2. The largest absolute Gasteiger partial charge is 0.494 e. The average Bonchev–Trinajstić information content (AvgIpc) is 2.87. The van der Waals surface area contributed by atoms with Gasteiger partial charge in [0.25, 0.3) is 5.91 Å². The molecule has 0 aliphatic carbocycles. The first-order valence-electron chi connectivity index (χ1n) is 6.19. The molecule has 1 aromatic heterocycles. The van der Waals surface area contributed by atoms with Gasteiger partial charge in [0.15, 0.2) is 0 Å². The maximum atomic E-state index is 12.0. The lowest BCUT2D eigenvalue weighted by Crippen LogP contribution is -2.12. The summed E-state index contributed by atoms with van der Waals surface area (Å²) in [5.41, 5.74) is 1.95. The summed E-state index contributed by atoms with van der Waals surface area (Å²) in [5.74, 6) is 0.846. The van der Waals surface area contributed by atoms with Crippen molar-refractivity contribution in [2.24, 2.45) is 0 Å². The lowest BCUT2D eigenvalue weighted by Gasteiger charge is -2.10. The molecule has 4 nitrogen and oxygen atoms in total. The number of anilines is 1. The zero-order chi connectivity index (χ0) is 14.5. The molecule has 6 heteroatoms. The highest BCUT2D eigenvalue weighted by molar-refractivity contribution is 7.09. The number of halogens is 1. The van der Waals surface area contributed by atoms with E-state index in [0.29, 0.717) is 23.9 Å². The van der Waals surface area contributed by atoms with Crippen LogP contribution in [0.2, 0.25) is 0 Å². The van der Waals surface area contributed by atoms with Crippen molar-refractivity contribution in [1.29, 1.82) is 0 Å². The number of amides is 1. The Hall–Kier alpha value is -1.59. The molecule has 106 valence electrons. The van der Waals surface area contributed by atoms with Crippen LogP contribution in [0.3, 0.4) is 0 Å². The van der Waals surface area contributed by atoms with Gasteiger partial charge in [0.1, 0.15) is 11.4 Å². The van der Waals surface area contributed by atoms with E-state index in [4.69, 9.17) is 16.3 Å². The van der Waals surface area contributed by atoms with Crippen molar-refractivity contribution in [3.63, 3.8) is 0 Å². The molecule has 0 radical (unpaired) electrons. The molecule has 1 N–H and O–H groups in total. The number of hydrogen-bond donors (Lipinski definition) is 1. The van der Waals surface area contributed by atoms with Crippen LogP contribution in [0.4, 0.5) is 5.69 Å². The zero-order valence-electron chi connectivity index (χ0n) is 11.3. The third-order valence-electron chi connectivity index (χ3n) is 2.61. The molecule has 0 aliphatic heterocycles. The maximum absolute atomic E-state index is 12.0. The molecule has 1 heterocycles. The number of aromatic nitrogens is 1. The Morgan fingerprint density at radius 1 is 1.50 bits per heavy atom. The van der Waals surface area contributed by atoms with Crippen molar-refractivity contribution >= 4 is 34.5 Å². The van der Waals surface area contributed by atoms with E-state index in [9.17, 15) is 4.79 Å². The fraction of sp³-hybridized carbons (Fsp3) is 0.286. The van der Waals surface area contributed by atoms with E-state index in [2.05, 4.69) is 10.3 Å². The van der Waals surface area contributed by atoms with Gasteiger partial charge in [-0.25, -0.2) is 4.98 Å². The summed E-state index contributed by atoms with van der Waals surface area (Å²) in [6, 6.07) is 5.41. The average molecular weight is 311 g/mol. The minimum absolute atomic E-state index is 0.223. The van der Waals surface area contributed by atoms with Gasteiger partial charge in [-0.15, -0.1) is 22.9 Å². The number of carbonyl (C=O) groups excluding carboxylic acids is 1. The second-order valence-corrected chi connectivity index (χ2v) is 5.42. The van der Waals surface area contributed by atoms with Crippen LogP contribution in [0.5, 0.6) is 5.75 Å². The number of nitrogens with one attached hydrogen (secondary N) is 1. The van der Waals surface area contributed by atoms with E-state index in [-0.39, 0.29) is 5.91 Å². The minimum atomic E-state index is -0.223. The highest BCUT2D eigenvalue weighted by Crippen LogP contribution is 2.25. The molecule has 20 heavy (non-hydrogen) atoms. The second kappa shape index (κ2) is 6.72. The van der Waals surface area contributed by atoms with Gasteiger partial charge in [0.2, 0.25) is 0 Å². The number of aryl methyl sites for hydroxylation is 1. The smallest absolute Gasteiger partial charge is 0.275 e. The van der Waals surface area contributed by atoms with Crippen molar-refractivity contribution in [2.45, 2.75) is 19.7 Å². The predicted molar refractivity (Wildman–Crippen MR) is 82.0 cm³/mol. The molecule has 0 bridgehead atoms. The Morgan fingerprint density at radius 2 is 2.30 bits per heavy atom. The van der Waals surface area contributed by atoms with Crippen molar-refractivity contribution in [1.82, 2.24) is 4.98 Å². The Labute approximate surface area is 126 Å². The van der Waals surface area contributed by atoms with Crippen LogP contribution in [0.1, 0.15) is 28.0 Å². The summed E-state index contributed by atoms with van der Waals surface area (Å²) in [6.07, 6.45) is 0. The molecule has 0 aliphatic rings. The SMILES string of the molecule is CCOc1ccc(NC(=O)c2csc(C)n2)cc1CCl. The molecule has 2 aromatic rings. The number of rotatable bonds is 5. The maximum Gasteiger partial charge on any atom is 0.275 e. The number of carbonyl (C=O) groups is 1. The van der Waals surface area contributed by atoms with Crippen LogP contribution in [0.15, 0.2) is 23.6 Å². The third kappa shape index (κ3) is 3.49. The highest BCUT2D eigenvalue weighted by Gasteiger charge is 2.11. The van der Waals surface area contributed by atoms with Gasteiger partial charge in [-0.05, 0) is 32.0 Å². The topological polar surface area (TPSA) is 51.2 Å². The van der Waals surface area contributed by atoms with Crippen LogP contribution in [0, 0.1) is 6.92 Å². The molecule has 1 aromatic carbocycles. The standard InChI is InChI=1S/C14H15ClN2O2S/c1-3-19-13-5-4-11(6-10(13)7-15)17-14(18)12-8-20-9(2)16-12/h4-6,8H,3,7H2,1-2H3,(H,17,18). The lowest BCUT2D eigenvalue weighted by molar-refractivity contribution is 0.102. The Bertz CT molecular complexity index is 613. The fourth-order valence-corrected chi connectivity index (χ4v) is 2.52. The van der Waals surface area contributed by atoms with Gasteiger partial charge in [0, 0.05) is 16.6 Å². The Morgan fingerprint density at radius 3 is 2.90 bits per heavy atom. The Kier molecular flexibility index (Phi) is 4.98. The molecule has 0 saturated heterocycles. The summed E-state index contributed by atoms with van der Waals surface area (Å²) < 4.78 is 5.47. The normalized spacial score (nSPS) is 10.3. The number of hydrogen-bond acceptors (Lipinski definition) is 4. The van der Waals surface area contributed by atoms with Gasteiger partial charge in [-0.1, -0.05) is 0 Å². The van der Waals surface area contributed by atoms with Gasteiger partial charge in [-0.3, -0.25) is 4.79 Å². The van der Waals surface area contributed by atoms with Crippen LogP contribution < -0.4 is 10.1 Å². The van der Waals surface area contributed by atoms with Crippen LogP contribution in [-0.2, 0) is 5.88 Å². The number of thiazole rings is 1. The first kappa shape index (κ1) is 14.8. The van der Waals surface area contributed by atoms with Crippen LogP contribution in [-0.4, -0.2) is 17.5 Å². The van der Waals surface area contributed by atoms with Gasteiger partial charge in [-0.2, -0.15) is 0 Å². The quantitative estimate of drug-likeness (QED) is 0.854. The van der Waals surface area contributed by atoms with Crippen molar-refractivity contribution in [3.05, 3.63) is 39.8 Å². The second-order valence-electron chi connectivity index (χ2n) is 4.10. The van der Waals surface area contributed by atoms with E-state index < -0.39 is 0 Å². The monoisotopic (exact) mass is 310 g/mol. The molecule has 0 spiro atoms. The van der Waals surface area contributed by atoms with Crippen molar-refractivity contribution in [3.8, 4) is 5.75 Å². The third-order valence-corrected chi connectivity index (χ3v) is 3.68. The van der Waals surface area contributed by atoms with Crippen LogP contribution >= 0.6 is 22.9 Å². The molecular weight excluding hydrogens is 296 g/mol. The molecule has 2 rings (SSSR count). The first-order chi connectivity index (χ1) is 9.63. The summed E-state index contributed by atoms with van der Waals surface area (Å²) in [4.78, 5) is 16.2. The number of ether oxygens (including phenoxy) is 1. The molecule has 1 amide bonds. The van der Waals surface area contributed by atoms with E-state index >= 15 is 0 Å². The zero-order valence-corrected chi connectivity index (χ0v) is 12.8. The fourth-order valence-electron chi connectivity index (χ4n) is 1.72. The summed E-state index contributed by atoms with van der Waals surface area (Å²) in [5, 5.41) is 5.41. The minimum Gasteiger partial charge on any atom is -0.494 e. The summed E-state index contributed by atoms with van der Waals surface area (Å²) in [6.45, 7) is 4.36. The number of benzene rings is 1. The van der Waals surface area contributed by atoms with Gasteiger partial charge in [0.05, 0.1) is 17.5 Å². The van der Waals surface area contributed by atoms with E-state index in [1.54, 1.807) is 11.4 Å². The van der Waals surface area contributed by atoms with Crippen molar-refractivity contribution in [2.75, 3.05) is 11.9 Å². The molecule has 0 saturated carbocycles. The van der Waals surface area contributed by atoms with Gasteiger partial charge >= 0.3 is 0 Å². The number of nitrogens with zero attached hydrogens (tertiary/aromatic N) is 1. The van der Waals surface area contributed by atoms with Gasteiger partial charge < -0.3 is 10.1 Å². The van der Waals surface area contributed by atoms with E-state index in [0.717, 1.165) is 16.3 Å². The summed E-state index contributed by atoms with van der Waals surface area (Å²) in [7, 11) is 0. The van der Waals surface area contributed by atoms with Crippen LogP contribution in [0.25, 0.3) is 0 Å². The van der Waals surface area contributed by atoms with Crippen molar-refractivity contribution < 1.29 is 9.53 Å². The number of alkyl halides is 1. The highest BCUT2D eigenvalue weighted by atomic mass is 35.5. The van der Waals surface area contributed by atoms with E-state index in [1.807, 2.05) is 26.0 Å². The molecule has 0 atom stereocenters. The Balaban J connectivity index is 2.15. The first-order valence-corrected chi connectivity index (χ1v) is 7.60. The molecule has 0 unspecified atom stereocenters. The molecule has 0 fully saturated rings.